The Kier molecular flexibility index (Phi) is 6.18. The molecule has 8 heteroatoms. The topological polar surface area (TPSA) is 99.5 Å². The first kappa shape index (κ1) is 19.7. The number of nitrogens with one attached hydrogen (secondary N) is 1. The Balaban J connectivity index is 2.32. The summed E-state index contributed by atoms with van der Waals surface area (Å²) in [6, 6.07) is 0.224. The Hall–Kier alpha value is -2.64. The van der Waals surface area contributed by atoms with Crippen LogP contribution >= 0.6 is 0 Å². The molecule has 1 aromatic rings. The lowest BCUT2D eigenvalue weighted by Crippen LogP contribution is -2.36. The molecule has 26 heavy (non-hydrogen) atoms. The van der Waals surface area contributed by atoms with Crippen LogP contribution in [0.4, 0.5) is 5.82 Å². The number of esters is 2. The lowest BCUT2D eigenvalue weighted by molar-refractivity contribution is -0.155. The highest BCUT2D eigenvalue weighted by atomic mass is 16.6. The Morgan fingerprint density at radius 1 is 1.38 bits per heavy atom. The molecule has 1 N–H and O–H groups in total. The molecule has 1 saturated carbocycles. The van der Waals surface area contributed by atoms with E-state index in [-0.39, 0.29) is 18.4 Å². The number of hydrogen-bond acceptors (Lipinski definition) is 7. The fraction of sp³-hybridized carbons (Fsp3) is 0.556. The number of methoxy groups -OCH3 is 1. The van der Waals surface area contributed by atoms with Crippen LogP contribution in [0.15, 0.2) is 17.1 Å². The van der Waals surface area contributed by atoms with Crippen LogP contribution in [0.1, 0.15) is 45.7 Å². The summed E-state index contributed by atoms with van der Waals surface area (Å²) < 4.78 is 11.1. The van der Waals surface area contributed by atoms with Crippen LogP contribution in [-0.4, -0.2) is 40.2 Å². The van der Waals surface area contributed by atoms with Gasteiger partial charge in [0.25, 0.3) is 5.56 Å². The summed E-state index contributed by atoms with van der Waals surface area (Å²) in [5.74, 6) is -0.931. The van der Waals surface area contributed by atoms with E-state index < -0.39 is 23.1 Å². The molecule has 142 valence electrons. The number of nitrogens with zero attached hydrogens (tertiary/aromatic N) is 2. The smallest absolute Gasteiger partial charge is 0.330 e. The molecule has 1 fully saturated rings. The van der Waals surface area contributed by atoms with Crippen molar-refractivity contribution in [2.75, 3.05) is 12.4 Å². The summed E-state index contributed by atoms with van der Waals surface area (Å²) >= 11 is 0. The SMILES string of the molecule is COC(=O)/C=C/c1cnc(NC2CCC2)c(=O)n1CC(=O)OC(C)(C)C. The normalized spacial score (nSPS) is 14.8. The molecule has 0 bridgehead atoms. The van der Waals surface area contributed by atoms with Crippen LogP contribution in [0.5, 0.6) is 0 Å². The van der Waals surface area contributed by atoms with Crippen LogP contribution in [0, 0.1) is 0 Å². The number of hydrogen-bond donors (Lipinski definition) is 1. The highest BCUT2D eigenvalue weighted by Crippen LogP contribution is 2.21. The standard InChI is InChI=1S/C18H25N3O5/c1-18(2,3)26-15(23)11-21-13(8-9-14(22)25-4)10-19-16(17(21)24)20-12-6-5-7-12/h8-10,12H,5-7,11H2,1-4H3,(H,19,20)/b9-8+. The van der Waals surface area contributed by atoms with Gasteiger partial charge >= 0.3 is 11.9 Å². The van der Waals surface area contributed by atoms with Crippen LogP contribution in [-0.2, 0) is 25.6 Å². The highest BCUT2D eigenvalue weighted by Gasteiger charge is 2.22. The number of ether oxygens (including phenoxy) is 2. The zero-order valence-corrected chi connectivity index (χ0v) is 15.6. The summed E-state index contributed by atoms with van der Waals surface area (Å²) in [5.41, 5.74) is -0.789. The van der Waals surface area contributed by atoms with Crippen molar-refractivity contribution in [1.82, 2.24) is 9.55 Å². The van der Waals surface area contributed by atoms with Gasteiger partial charge in [0.1, 0.15) is 12.1 Å². The number of anilines is 1. The van der Waals surface area contributed by atoms with Crippen LogP contribution in [0.25, 0.3) is 6.08 Å². The first-order valence-electron chi connectivity index (χ1n) is 8.54. The van der Waals surface area contributed by atoms with E-state index in [1.54, 1.807) is 20.8 Å². The Bertz CT molecular complexity index is 757. The molecule has 8 nitrogen and oxygen atoms in total. The van der Waals surface area contributed by atoms with E-state index in [1.165, 1.54) is 30.0 Å². The second kappa shape index (κ2) is 8.16. The van der Waals surface area contributed by atoms with Gasteiger partial charge in [-0.25, -0.2) is 9.78 Å². The van der Waals surface area contributed by atoms with Gasteiger partial charge in [-0.1, -0.05) is 0 Å². The maximum Gasteiger partial charge on any atom is 0.330 e. The fourth-order valence-electron chi connectivity index (χ4n) is 2.37. The molecule has 2 rings (SSSR count). The fourth-order valence-corrected chi connectivity index (χ4v) is 2.37. The summed E-state index contributed by atoms with van der Waals surface area (Å²) in [4.78, 5) is 40.4. The average Bonchev–Trinajstić information content (AvgIpc) is 2.50. The van der Waals surface area contributed by atoms with Gasteiger partial charge in [-0.15, -0.1) is 0 Å². The average molecular weight is 363 g/mol. The molecule has 0 saturated heterocycles. The molecule has 1 aromatic heterocycles. The summed E-state index contributed by atoms with van der Waals surface area (Å²) in [5, 5.41) is 3.10. The summed E-state index contributed by atoms with van der Waals surface area (Å²) in [6.07, 6.45) is 7.07. The molecule has 0 aromatic carbocycles. The molecule has 1 heterocycles. The van der Waals surface area contributed by atoms with Gasteiger partial charge in [0.15, 0.2) is 5.82 Å². The van der Waals surface area contributed by atoms with E-state index in [1.807, 2.05) is 0 Å². The monoisotopic (exact) mass is 363 g/mol. The lowest BCUT2D eigenvalue weighted by Gasteiger charge is -2.27. The van der Waals surface area contributed by atoms with E-state index in [2.05, 4.69) is 15.0 Å². The minimum absolute atomic E-state index is 0.188. The maximum absolute atomic E-state index is 12.8. The largest absolute Gasteiger partial charge is 0.466 e. The van der Waals surface area contributed by atoms with Crippen LogP contribution in [0.2, 0.25) is 0 Å². The van der Waals surface area contributed by atoms with Crippen molar-refractivity contribution in [3.05, 3.63) is 28.3 Å². The molecular formula is C18H25N3O5. The van der Waals surface area contributed by atoms with E-state index in [0.717, 1.165) is 19.3 Å². The molecule has 0 radical (unpaired) electrons. The van der Waals surface area contributed by atoms with Gasteiger partial charge in [-0.3, -0.25) is 14.2 Å². The zero-order chi connectivity index (χ0) is 19.3. The van der Waals surface area contributed by atoms with Gasteiger partial charge in [0.2, 0.25) is 0 Å². The second-order valence-electron chi connectivity index (χ2n) is 7.14. The third-order valence-corrected chi connectivity index (χ3v) is 3.83. The number of carbonyl (C=O) groups excluding carboxylic acids is 2. The van der Waals surface area contributed by atoms with Gasteiger partial charge < -0.3 is 14.8 Å². The Morgan fingerprint density at radius 2 is 2.08 bits per heavy atom. The van der Waals surface area contributed by atoms with E-state index in [9.17, 15) is 14.4 Å². The van der Waals surface area contributed by atoms with Crippen molar-refractivity contribution < 1.29 is 19.1 Å². The van der Waals surface area contributed by atoms with Crippen molar-refractivity contribution in [3.63, 3.8) is 0 Å². The molecule has 0 spiro atoms. The summed E-state index contributed by atoms with van der Waals surface area (Å²) in [7, 11) is 1.25. The van der Waals surface area contributed by atoms with Crippen molar-refractivity contribution >= 4 is 23.8 Å². The van der Waals surface area contributed by atoms with E-state index >= 15 is 0 Å². The molecule has 0 aliphatic heterocycles. The van der Waals surface area contributed by atoms with Crippen molar-refractivity contribution in [1.29, 1.82) is 0 Å². The molecule has 1 aliphatic carbocycles. The first-order chi connectivity index (χ1) is 12.2. The minimum atomic E-state index is -0.664. The van der Waals surface area contributed by atoms with Gasteiger partial charge in [0, 0.05) is 12.1 Å². The highest BCUT2D eigenvalue weighted by molar-refractivity contribution is 5.86. The van der Waals surface area contributed by atoms with Gasteiger partial charge in [-0.2, -0.15) is 0 Å². The molecule has 1 aliphatic rings. The summed E-state index contributed by atoms with van der Waals surface area (Å²) in [6.45, 7) is 4.98. The van der Waals surface area contributed by atoms with Crippen LogP contribution < -0.4 is 10.9 Å². The Labute approximate surface area is 152 Å². The third-order valence-electron chi connectivity index (χ3n) is 3.83. The van der Waals surface area contributed by atoms with Crippen molar-refractivity contribution in [2.45, 2.75) is 58.2 Å². The first-order valence-corrected chi connectivity index (χ1v) is 8.54. The lowest BCUT2D eigenvalue weighted by atomic mass is 9.93. The minimum Gasteiger partial charge on any atom is -0.466 e. The van der Waals surface area contributed by atoms with E-state index in [0.29, 0.717) is 5.69 Å². The van der Waals surface area contributed by atoms with Gasteiger partial charge in [-0.05, 0) is 46.1 Å². The van der Waals surface area contributed by atoms with E-state index in [4.69, 9.17) is 4.74 Å². The Morgan fingerprint density at radius 3 is 2.62 bits per heavy atom. The number of carbonyl (C=O) groups is 2. The molecular weight excluding hydrogens is 338 g/mol. The van der Waals surface area contributed by atoms with Crippen molar-refractivity contribution in [2.24, 2.45) is 0 Å². The quantitative estimate of drug-likeness (QED) is 0.607. The maximum atomic E-state index is 12.8. The predicted octanol–water partition coefficient (Wildman–Crippen LogP) is 1.74. The zero-order valence-electron chi connectivity index (χ0n) is 15.6. The molecule has 0 amide bonds. The van der Waals surface area contributed by atoms with Gasteiger partial charge in [0.05, 0.1) is 19.0 Å². The second-order valence-corrected chi connectivity index (χ2v) is 7.14. The number of aromatic nitrogens is 2. The number of rotatable bonds is 6. The van der Waals surface area contributed by atoms with Crippen molar-refractivity contribution in [3.8, 4) is 0 Å². The molecule has 0 atom stereocenters. The molecule has 0 unspecified atom stereocenters. The third kappa shape index (κ3) is 5.44. The predicted molar refractivity (Wildman–Crippen MR) is 96.7 cm³/mol. The van der Waals surface area contributed by atoms with Crippen LogP contribution in [0.3, 0.4) is 0 Å².